The second-order valence-corrected chi connectivity index (χ2v) is 6.41. The zero-order valence-electron chi connectivity index (χ0n) is 13.9. The second kappa shape index (κ2) is 5.31. The van der Waals surface area contributed by atoms with Gasteiger partial charge < -0.3 is 24.1 Å². The molecule has 1 N–H and O–H groups in total. The molecular weight excluding hydrogens is 308 g/mol. The van der Waals surface area contributed by atoms with E-state index in [1.54, 1.807) is 20.1 Å². The first-order valence-electron chi connectivity index (χ1n) is 7.99. The lowest BCUT2D eigenvalue weighted by atomic mass is 9.75. The molecule has 0 spiro atoms. The molecule has 0 amide bonds. The number of aliphatic hydroxyl groups is 1. The average molecular weight is 328 g/mol. The second-order valence-electron chi connectivity index (χ2n) is 6.41. The van der Waals surface area contributed by atoms with Crippen LogP contribution in [0, 0.1) is 5.92 Å². The number of fused-ring (bicyclic) bond motifs is 2. The smallest absolute Gasteiger partial charge is 0.231 e. The number of ether oxygens (including phenoxy) is 4. The molecule has 0 bridgehead atoms. The van der Waals surface area contributed by atoms with E-state index >= 15 is 0 Å². The van der Waals surface area contributed by atoms with Crippen molar-refractivity contribution >= 4 is 0 Å². The van der Waals surface area contributed by atoms with Crippen molar-refractivity contribution in [2.45, 2.75) is 25.6 Å². The molecule has 0 radical (unpaired) electrons. The highest BCUT2D eigenvalue weighted by atomic mass is 16.7. The normalized spacial score (nSPS) is 27.3. The Bertz CT molecular complexity index is 783. The first-order chi connectivity index (χ1) is 11.5. The molecule has 126 valence electrons. The summed E-state index contributed by atoms with van der Waals surface area (Å²) < 4.78 is 22.4. The highest BCUT2D eigenvalue weighted by Crippen LogP contribution is 2.52. The van der Waals surface area contributed by atoms with Crippen molar-refractivity contribution in [1.82, 2.24) is 0 Å². The van der Waals surface area contributed by atoms with E-state index in [0.29, 0.717) is 17.2 Å². The fraction of sp³-hybridized carbons (Fsp3) is 0.368. The Hall–Kier alpha value is -2.40. The SMILES string of the molecule is COc1ccccc1[C@@H]1c2cc3c(cc2O[C@](C)(O)[C@@H]1C)OCO3. The van der Waals surface area contributed by atoms with Gasteiger partial charge in [-0.25, -0.2) is 0 Å². The summed E-state index contributed by atoms with van der Waals surface area (Å²) >= 11 is 0. The van der Waals surface area contributed by atoms with E-state index in [9.17, 15) is 5.11 Å². The Morgan fingerprint density at radius 1 is 1.08 bits per heavy atom. The molecule has 0 fully saturated rings. The van der Waals surface area contributed by atoms with Gasteiger partial charge in [0.25, 0.3) is 0 Å². The Morgan fingerprint density at radius 2 is 1.79 bits per heavy atom. The molecule has 5 nitrogen and oxygen atoms in total. The van der Waals surface area contributed by atoms with Gasteiger partial charge in [0.1, 0.15) is 11.5 Å². The fourth-order valence-corrected chi connectivity index (χ4v) is 3.52. The van der Waals surface area contributed by atoms with Gasteiger partial charge in [-0.2, -0.15) is 0 Å². The standard InChI is InChI=1S/C19H20O5/c1-11-18(12-6-4-5-7-14(12)21-3)13-8-16-17(23-10-22-16)9-15(13)24-19(11,2)20/h4-9,11,18,20H,10H2,1-3H3/t11-,18-,19+/m1/s1. The average Bonchev–Trinajstić information content (AvgIpc) is 3.01. The van der Waals surface area contributed by atoms with Crippen LogP contribution < -0.4 is 18.9 Å². The number of hydrogen-bond donors (Lipinski definition) is 1. The molecule has 0 aliphatic carbocycles. The van der Waals surface area contributed by atoms with Gasteiger partial charge in [-0.1, -0.05) is 25.1 Å². The van der Waals surface area contributed by atoms with Crippen LogP contribution in [-0.4, -0.2) is 24.8 Å². The van der Waals surface area contributed by atoms with Crippen LogP contribution in [0.3, 0.4) is 0 Å². The Morgan fingerprint density at radius 3 is 2.54 bits per heavy atom. The minimum absolute atomic E-state index is 0.0885. The van der Waals surface area contributed by atoms with Crippen LogP contribution in [0.4, 0.5) is 0 Å². The summed E-state index contributed by atoms with van der Waals surface area (Å²) in [6.07, 6.45) is 0. The van der Waals surface area contributed by atoms with E-state index in [1.165, 1.54) is 0 Å². The van der Waals surface area contributed by atoms with Gasteiger partial charge in [-0.05, 0) is 12.1 Å². The third-order valence-electron chi connectivity index (χ3n) is 4.98. The van der Waals surface area contributed by atoms with Crippen LogP contribution >= 0.6 is 0 Å². The van der Waals surface area contributed by atoms with Crippen LogP contribution in [0.15, 0.2) is 36.4 Å². The topological polar surface area (TPSA) is 57.2 Å². The molecule has 0 saturated carbocycles. The molecule has 3 atom stereocenters. The molecule has 2 aliphatic heterocycles. The maximum Gasteiger partial charge on any atom is 0.231 e. The zero-order valence-corrected chi connectivity index (χ0v) is 13.9. The highest BCUT2D eigenvalue weighted by molar-refractivity contribution is 5.57. The van der Waals surface area contributed by atoms with Crippen molar-refractivity contribution < 1.29 is 24.1 Å². The molecule has 0 unspecified atom stereocenters. The summed E-state index contributed by atoms with van der Waals surface area (Å²) in [6.45, 7) is 3.86. The molecule has 2 aliphatic rings. The molecule has 4 rings (SSSR count). The molecule has 5 heteroatoms. The Kier molecular flexibility index (Phi) is 3.35. The molecule has 2 aromatic rings. The van der Waals surface area contributed by atoms with Crippen molar-refractivity contribution in [3.63, 3.8) is 0 Å². The number of para-hydroxylation sites is 1. The predicted molar refractivity (Wildman–Crippen MR) is 87.8 cm³/mol. The number of methoxy groups -OCH3 is 1. The summed E-state index contributed by atoms with van der Waals surface area (Å²) in [7, 11) is 1.65. The van der Waals surface area contributed by atoms with E-state index in [2.05, 4.69) is 0 Å². The van der Waals surface area contributed by atoms with E-state index in [0.717, 1.165) is 16.9 Å². The maximum absolute atomic E-state index is 10.8. The van der Waals surface area contributed by atoms with Crippen LogP contribution in [0.2, 0.25) is 0 Å². The quantitative estimate of drug-likeness (QED) is 0.917. The van der Waals surface area contributed by atoms with Crippen molar-refractivity contribution in [3.8, 4) is 23.0 Å². The Balaban J connectivity index is 1.93. The third-order valence-corrected chi connectivity index (χ3v) is 4.98. The number of hydrogen-bond acceptors (Lipinski definition) is 5. The highest BCUT2D eigenvalue weighted by Gasteiger charge is 2.45. The van der Waals surface area contributed by atoms with Gasteiger partial charge in [0.2, 0.25) is 12.6 Å². The van der Waals surface area contributed by atoms with E-state index in [-0.39, 0.29) is 18.6 Å². The maximum atomic E-state index is 10.8. The van der Waals surface area contributed by atoms with Gasteiger partial charge in [-0.15, -0.1) is 0 Å². The monoisotopic (exact) mass is 328 g/mol. The first kappa shape index (κ1) is 15.1. The predicted octanol–water partition coefficient (Wildman–Crippen LogP) is 3.29. The lowest BCUT2D eigenvalue weighted by Crippen LogP contribution is -2.45. The van der Waals surface area contributed by atoms with Gasteiger partial charge in [0.15, 0.2) is 11.5 Å². The molecule has 24 heavy (non-hydrogen) atoms. The van der Waals surface area contributed by atoms with Crippen LogP contribution in [0.5, 0.6) is 23.0 Å². The molecule has 0 aromatic heterocycles. The van der Waals surface area contributed by atoms with Crippen molar-refractivity contribution in [2.24, 2.45) is 5.92 Å². The van der Waals surface area contributed by atoms with E-state index < -0.39 is 5.79 Å². The van der Waals surface area contributed by atoms with Crippen LogP contribution in [0.25, 0.3) is 0 Å². The number of rotatable bonds is 2. The summed E-state index contributed by atoms with van der Waals surface area (Å²) in [5.74, 6) is 1.17. The van der Waals surface area contributed by atoms with Crippen LogP contribution in [0.1, 0.15) is 30.9 Å². The molecule has 2 aromatic carbocycles. The Labute approximate surface area is 140 Å². The van der Waals surface area contributed by atoms with Crippen molar-refractivity contribution in [3.05, 3.63) is 47.5 Å². The van der Waals surface area contributed by atoms with E-state index in [1.807, 2.05) is 37.3 Å². The van der Waals surface area contributed by atoms with Crippen molar-refractivity contribution in [1.29, 1.82) is 0 Å². The lowest BCUT2D eigenvalue weighted by molar-refractivity contribution is -0.171. The molecule has 2 heterocycles. The molecule has 0 saturated heterocycles. The summed E-state index contributed by atoms with van der Waals surface area (Å²) in [5, 5.41) is 10.8. The third kappa shape index (κ3) is 2.19. The van der Waals surface area contributed by atoms with Gasteiger partial charge in [0, 0.05) is 36.0 Å². The number of benzene rings is 2. The fourth-order valence-electron chi connectivity index (χ4n) is 3.52. The summed E-state index contributed by atoms with van der Waals surface area (Å²) in [4.78, 5) is 0. The van der Waals surface area contributed by atoms with Gasteiger partial charge in [-0.3, -0.25) is 0 Å². The summed E-state index contributed by atoms with van der Waals surface area (Å²) in [5.41, 5.74) is 1.97. The largest absolute Gasteiger partial charge is 0.496 e. The lowest BCUT2D eigenvalue weighted by Gasteiger charge is -2.42. The van der Waals surface area contributed by atoms with Crippen molar-refractivity contribution in [2.75, 3.05) is 13.9 Å². The van der Waals surface area contributed by atoms with Gasteiger partial charge in [0.05, 0.1) is 7.11 Å². The minimum Gasteiger partial charge on any atom is -0.496 e. The minimum atomic E-state index is -1.30. The van der Waals surface area contributed by atoms with Crippen LogP contribution in [-0.2, 0) is 0 Å². The zero-order chi connectivity index (χ0) is 16.9. The molecular formula is C19H20O5. The van der Waals surface area contributed by atoms with E-state index in [4.69, 9.17) is 18.9 Å². The van der Waals surface area contributed by atoms with Gasteiger partial charge >= 0.3 is 0 Å². The first-order valence-corrected chi connectivity index (χ1v) is 7.99. The summed E-state index contributed by atoms with van der Waals surface area (Å²) in [6, 6.07) is 11.6.